The van der Waals surface area contributed by atoms with Crippen molar-refractivity contribution in [3.8, 4) is 0 Å². The van der Waals surface area contributed by atoms with Gasteiger partial charge in [-0.25, -0.2) is 0 Å². The lowest BCUT2D eigenvalue weighted by Crippen LogP contribution is -2.42. The lowest BCUT2D eigenvalue weighted by atomic mass is 9.72. The SMILES string of the molecule is CC(C)(C)CC(C(=O)OC1(C)CCOCC1)C(C)(C)C. The van der Waals surface area contributed by atoms with Crippen molar-refractivity contribution in [2.45, 2.75) is 73.3 Å². The molecule has 1 heterocycles. The van der Waals surface area contributed by atoms with E-state index in [1.165, 1.54) is 0 Å². The zero-order valence-electron chi connectivity index (χ0n) is 14.3. The highest BCUT2D eigenvalue weighted by Crippen LogP contribution is 2.38. The van der Waals surface area contributed by atoms with Crippen LogP contribution in [0, 0.1) is 16.7 Å². The molecule has 0 N–H and O–H groups in total. The molecule has 0 aromatic carbocycles. The Morgan fingerprint density at radius 2 is 1.65 bits per heavy atom. The first-order valence-electron chi connectivity index (χ1n) is 7.74. The third-order valence-electron chi connectivity index (χ3n) is 4.04. The molecule has 1 atom stereocenters. The van der Waals surface area contributed by atoms with Gasteiger partial charge in [-0.05, 0) is 24.2 Å². The lowest BCUT2D eigenvalue weighted by Gasteiger charge is -2.38. The molecule has 3 heteroatoms. The van der Waals surface area contributed by atoms with Gasteiger partial charge >= 0.3 is 5.97 Å². The molecule has 20 heavy (non-hydrogen) atoms. The third-order valence-corrected chi connectivity index (χ3v) is 4.04. The molecular weight excluding hydrogens is 252 g/mol. The first-order valence-corrected chi connectivity index (χ1v) is 7.74. The predicted octanol–water partition coefficient (Wildman–Crippen LogP) is 4.20. The number of carbonyl (C=O) groups is 1. The zero-order valence-corrected chi connectivity index (χ0v) is 14.3. The molecule has 0 bridgehead atoms. The van der Waals surface area contributed by atoms with Crippen molar-refractivity contribution in [1.29, 1.82) is 0 Å². The molecule has 1 aliphatic rings. The quantitative estimate of drug-likeness (QED) is 0.729. The zero-order chi connectivity index (χ0) is 15.6. The van der Waals surface area contributed by atoms with Crippen LogP contribution in [0.15, 0.2) is 0 Å². The van der Waals surface area contributed by atoms with E-state index in [4.69, 9.17) is 9.47 Å². The first kappa shape index (κ1) is 17.5. The standard InChI is InChI=1S/C17H32O3/c1-15(2,3)12-13(16(4,5)6)14(18)20-17(7)8-10-19-11-9-17/h13H,8-12H2,1-7H3. The van der Waals surface area contributed by atoms with Crippen LogP contribution in [-0.2, 0) is 14.3 Å². The van der Waals surface area contributed by atoms with Crippen molar-refractivity contribution >= 4 is 5.97 Å². The van der Waals surface area contributed by atoms with Crippen molar-refractivity contribution in [3.05, 3.63) is 0 Å². The van der Waals surface area contributed by atoms with Gasteiger partial charge in [0.05, 0.1) is 19.1 Å². The summed E-state index contributed by atoms with van der Waals surface area (Å²) in [5.41, 5.74) is -0.309. The Morgan fingerprint density at radius 3 is 2.05 bits per heavy atom. The molecule has 3 nitrogen and oxygen atoms in total. The van der Waals surface area contributed by atoms with Crippen molar-refractivity contribution in [3.63, 3.8) is 0 Å². The highest BCUT2D eigenvalue weighted by atomic mass is 16.6. The maximum Gasteiger partial charge on any atom is 0.310 e. The van der Waals surface area contributed by atoms with Crippen LogP contribution < -0.4 is 0 Å². The molecule has 0 aromatic heterocycles. The van der Waals surface area contributed by atoms with Crippen LogP contribution in [0.3, 0.4) is 0 Å². The van der Waals surface area contributed by atoms with E-state index >= 15 is 0 Å². The highest BCUT2D eigenvalue weighted by molar-refractivity contribution is 5.74. The van der Waals surface area contributed by atoms with Crippen LogP contribution in [0.2, 0.25) is 0 Å². The molecule has 1 saturated heterocycles. The summed E-state index contributed by atoms with van der Waals surface area (Å²) in [6.45, 7) is 16.3. The number of esters is 1. The van der Waals surface area contributed by atoms with Gasteiger partial charge < -0.3 is 9.47 Å². The summed E-state index contributed by atoms with van der Waals surface area (Å²) in [6.07, 6.45) is 2.44. The first-order chi connectivity index (χ1) is 8.93. The van der Waals surface area contributed by atoms with E-state index < -0.39 is 0 Å². The average molecular weight is 284 g/mol. The number of hydrogen-bond donors (Lipinski definition) is 0. The fourth-order valence-electron chi connectivity index (χ4n) is 2.57. The molecule has 1 aliphatic heterocycles. The Bertz CT molecular complexity index is 327. The fourth-order valence-corrected chi connectivity index (χ4v) is 2.57. The van der Waals surface area contributed by atoms with Gasteiger partial charge in [0.2, 0.25) is 0 Å². The minimum Gasteiger partial charge on any atom is -0.459 e. The van der Waals surface area contributed by atoms with E-state index in [0.717, 1.165) is 19.3 Å². The van der Waals surface area contributed by atoms with E-state index in [2.05, 4.69) is 41.5 Å². The highest BCUT2D eigenvalue weighted by Gasteiger charge is 2.40. The smallest absolute Gasteiger partial charge is 0.310 e. The van der Waals surface area contributed by atoms with Gasteiger partial charge in [-0.2, -0.15) is 0 Å². The van der Waals surface area contributed by atoms with Gasteiger partial charge in [0.15, 0.2) is 0 Å². The summed E-state index contributed by atoms with van der Waals surface area (Å²) in [5, 5.41) is 0. The largest absolute Gasteiger partial charge is 0.459 e. The minimum absolute atomic E-state index is 0.0446. The summed E-state index contributed by atoms with van der Waals surface area (Å²) >= 11 is 0. The number of hydrogen-bond acceptors (Lipinski definition) is 3. The Labute approximate surface area is 124 Å². The van der Waals surface area contributed by atoms with E-state index in [-0.39, 0.29) is 28.3 Å². The molecule has 0 spiro atoms. The second kappa shape index (κ2) is 6.05. The fraction of sp³-hybridized carbons (Fsp3) is 0.941. The second-order valence-corrected chi connectivity index (χ2v) is 8.67. The van der Waals surface area contributed by atoms with Crippen LogP contribution in [0.4, 0.5) is 0 Å². The van der Waals surface area contributed by atoms with Crippen LogP contribution in [-0.4, -0.2) is 24.8 Å². The molecule has 1 fully saturated rings. The van der Waals surface area contributed by atoms with E-state index in [0.29, 0.717) is 13.2 Å². The van der Waals surface area contributed by atoms with Crippen molar-refractivity contribution < 1.29 is 14.3 Å². The van der Waals surface area contributed by atoms with Crippen molar-refractivity contribution in [2.75, 3.05) is 13.2 Å². The van der Waals surface area contributed by atoms with Crippen LogP contribution in [0.1, 0.15) is 67.7 Å². The van der Waals surface area contributed by atoms with E-state index in [1.54, 1.807) is 0 Å². The average Bonchev–Trinajstić information content (AvgIpc) is 2.23. The molecule has 0 aromatic rings. The van der Waals surface area contributed by atoms with E-state index in [9.17, 15) is 4.79 Å². The summed E-state index contributed by atoms with van der Waals surface area (Å²) in [4.78, 5) is 12.7. The van der Waals surface area contributed by atoms with Crippen LogP contribution >= 0.6 is 0 Å². The summed E-state index contributed by atoms with van der Waals surface area (Å²) in [5.74, 6) is -0.112. The molecule has 0 radical (unpaired) electrons. The number of ether oxygens (including phenoxy) is 2. The Balaban J connectivity index is 2.78. The van der Waals surface area contributed by atoms with Gasteiger partial charge in [-0.1, -0.05) is 41.5 Å². The van der Waals surface area contributed by atoms with Crippen LogP contribution in [0.25, 0.3) is 0 Å². The Kier molecular flexibility index (Phi) is 5.29. The molecule has 1 rings (SSSR count). The lowest BCUT2D eigenvalue weighted by molar-refractivity contribution is -0.176. The minimum atomic E-state index is -0.350. The van der Waals surface area contributed by atoms with Gasteiger partial charge in [0.25, 0.3) is 0 Å². The van der Waals surface area contributed by atoms with Gasteiger partial charge in [-0.3, -0.25) is 4.79 Å². The topological polar surface area (TPSA) is 35.5 Å². The maximum absolute atomic E-state index is 12.7. The monoisotopic (exact) mass is 284 g/mol. The second-order valence-electron chi connectivity index (χ2n) is 8.67. The predicted molar refractivity (Wildman–Crippen MR) is 81.6 cm³/mol. The summed E-state index contributed by atoms with van der Waals surface area (Å²) in [6, 6.07) is 0. The Morgan fingerprint density at radius 1 is 1.15 bits per heavy atom. The van der Waals surface area contributed by atoms with E-state index in [1.807, 2.05) is 6.92 Å². The molecule has 118 valence electrons. The summed E-state index contributed by atoms with van der Waals surface area (Å²) in [7, 11) is 0. The van der Waals surface area contributed by atoms with Gasteiger partial charge in [0.1, 0.15) is 5.60 Å². The van der Waals surface area contributed by atoms with Crippen molar-refractivity contribution in [1.82, 2.24) is 0 Å². The third kappa shape index (κ3) is 5.43. The normalized spacial score (nSPS) is 21.4. The van der Waals surface area contributed by atoms with Gasteiger partial charge in [-0.15, -0.1) is 0 Å². The summed E-state index contributed by atoms with van der Waals surface area (Å²) < 4.78 is 11.3. The molecule has 1 unspecified atom stereocenters. The molecule has 0 aliphatic carbocycles. The van der Waals surface area contributed by atoms with Crippen LogP contribution in [0.5, 0.6) is 0 Å². The molecule has 0 amide bonds. The molecule has 0 saturated carbocycles. The van der Waals surface area contributed by atoms with Gasteiger partial charge in [0, 0.05) is 12.8 Å². The molecular formula is C17H32O3. The Hall–Kier alpha value is -0.570. The number of carbonyl (C=O) groups excluding carboxylic acids is 1. The number of rotatable bonds is 3. The van der Waals surface area contributed by atoms with Crippen molar-refractivity contribution in [2.24, 2.45) is 16.7 Å². The maximum atomic E-state index is 12.7.